The van der Waals surface area contributed by atoms with Crippen LogP contribution in [0.2, 0.25) is 0 Å². The van der Waals surface area contributed by atoms with Crippen molar-refractivity contribution in [3.63, 3.8) is 0 Å². The van der Waals surface area contributed by atoms with Gasteiger partial charge in [0.2, 0.25) is 0 Å². The summed E-state index contributed by atoms with van der Waals surface area (Å²) in [5, 5.41) is 0. The van der Waals surface area contributed by atoms with Crippen LogP contribution >= 0.6 is 0 Å². The van der Waals surface area contributed by atoms with Crippen LogP contribution in [0.1, 0.15) is 48.2 Å². The van der Waals surface area contributed by atoms with E-state index in [9.17, 15) is 4.79 Å². The molecule has 22 heavy (non-hydrogen) atoms. The largest absolute Gasteiger partial charge is 0.462 e. The second kappa shape index (κ2) is 6.51. The molecular formula is C18H26N2O2. The fraction of sp³-hybridized carbons (Fsp3) is 0.556. The van der Waals surface area contributed by atoms with Crippen molar-refractivity contribution in [2.45, 2.75) is 40.5 Å². The molecule has 4 heteroatoms. The average molecular weight is 302 g/mol. The topological polar surface area (TPSA) is 41.9 Å². The van der Waals surface area contributed by atoms with Gasteiger partial charge in [-0.1, -0.05) is 6.92 Å². The first kappa shape index (κ1) is 16.5. The molecule has 0 spiro atoms. The molecule has 120 valence electrons. The molecule has 0 unspecified atom stereocenters. The zero-order valence-electron chi connectivity index (χ0n) is 14.3. The first-order chi connectivity index (χ1) is 10.3. The van der Waals surface area contributed by atoms with Crippen LogP contribution in [0, 0.1) is 19.3 Å². The van der Waals surface area contributed by atoms with Gasteiger partial charge in [-0.2, -0.15) is 0 Å². The van der Waals surface area contributed by atoms with Crippen LogP contribution in [0.3, 0.4) is 0 Å². The van der Waals surface area contributed by atoms with Crippen molar-refractivity contribution in [1.82, 2.24) is 4.90 Å². The SMILES string of the molecule is CCN(C)/C=N/c1cc(C)c(C(=O)OCC2(C)CC2)cc1C. The fourth-order valence-corrected chi connectivity index (χ4v) is 2.08. The molecule has 0 aliphatic heterocycles. The van der Waals surface area contributed by atoms with Crippen LogP contribution in [0.15, 0.2) is 17.1 Å². The van der Waals surface area contributed by atoms with Gasteiger partial charge >= 0.3 is 5.97 Å². The Bertz CT molecular complexity index is 589. The number of ether oxygens (including phenoxy) is 1. The van der Waals surface area contributed by atoms with Crippen LogP contribution < -0.4 is 0 Å². The lowest BCUT2D eigenvalue weighted by Crippen LogP contribution is -2.14. The minimum Gasteiger partial charge on any atom is -0.462 e. The zero-order chi connectivity index (χ0) is 16.3. The summed E-state index contributed by atoms with van der Waals surface area (Å²) in [5.41, 5.74) is 3.64. The van der Waals surface area contributed by atoms with Crippen LogP contribution in [0.25, 0.3) is 0 Å². The molecule has 0 saturated heterocycles. The molecule has 1 aliphatic carbocycles. The van der Waals surface area contributed by atoms with Gasteiger partial charge in [-0.15, -0.1) is 0 Å². The van der Waals surface area contributed by atoms with E-state index in [4.69, 9.17) is 4.74 Å². The molecule has 0 aromatic heterocycles. The number of aryl methyl sites for hydroxylation is 2. The molecule has 1 saturated carbocycles. The molecular weight excluding hydrogens is 276 g/mol. The summed E-state index contributed by atoms with van der Waals surface area (Å²) in [5.74, 6) is -0.227. The second-order valence-corrected chi connectivity index (χ2v) is 6.66. The summed E-state index contributed by atoms with van der Waals surface area (Å²) in [6.07, 6.45) is 4.11. The standard InChI is InChI=1S/C18H26N2O2/c1-6-20(5)12-19-16-10-13(2)15(9-14(16)3)17(21)22-11-18(4)7-8-18/h9-10,12H,6-8,11H2,1-5H3/b19-12+. The first-order valence-electron chi connectivity index (χ1n) is 7.87. The molecule has 0 radical (unpaired) electrons. The molecule has 4 nitrogen and oxygen atoms in total. The lowest BCUT2D eigenvalue weighted by Gasteiger charge is -2.13. The van der Waals surface area contributed by atoms with E-state index >= 15 is 0 Å². The number of hydrogen-bond donors (Lipinski definition) is 0. The van der Waals surface area contributed by atoms with Gasteiger partial charge in [-0.25, -0.2) is 9.79 Å². The van der Waals surface area contributed by atoms with E-state index in [1.165, 1.54) is 0 Å². The molecule has 1 aromatic rings. The Hall–Kier alpha value is -1.84. The van der Waals surface area contributed by atoms with Gasteiger partial charge in [0.05, 0.1) is 24.2 Å². The molecule has 1 aliphatic rings. The predicted molar refractivity (Wildman–Crippen MR) is 90.0 cm³/mol. The Morgan fingerprint density at radius 3 is 2.64 bits per heavy atom. The molecule has 0 heterocycles. The van der Waals surface area contributed by atoms with Gasteiger partial charge in [-0.05, 0) is 56.9 Å². The quantitative estimate of drug-likeness (QED) is 0.455. The third kappa shape index (κ3) is 4.09. The van der Waals surface area contributed by atoms with E-state index in [1.54, 1.807) is 0 Å². The van der Waals surface area contributed by atoms with E-state index < -0.39 is 0 Å². The van der Waals surface area contributed by atoms with Crippen molar-refractivity contribution in [2.75, 3.05) is 20.2 Å². The van der Waals surface area contributed by atoms with E-state index in [0.29, 0.717) is 12.2 Å². The number of hydrogen-bond acceptors (Lipinski definition) is 3. The van der Waals surface area contributed by atoms with Crippen molar-refractivity contribution in [2.24, 2.45) is 10.4 Å². The van der Waals surface area contributed by atoms with Crippen molar-refractivity contribution in [1.29, 1.82) is 0 Å². The van der Waals surface area contributed by atoms with Gasteiger partial charge in [0.15, 0.2) is 0 Å². The molecule has 0 N–H and O–H groups in total. The van der Waals surface area contributed by atoms with E-state index in [0.717, 1.165) is 36.2 Å². The van der Waals surface area contributed by atoms with Crippen LogP contribution in [0.4, 0.5) is 5.69 Å². The Balaban J connectivity index is 2.11. The highest BCUT2D eigenvalue weighted by molar-refractivity contribution is 5.92. The smallest absolute Gasteiger partial charge is 0.338 e. The molecule has 0 amide bonds. The summed E-state index contributed by atoms with van der Waals surface area (Å²) >= 11 is 0. The van der Waals surface area contributed by atoms with Gasteiger partial charge in [0, 0.05) is 19.0 Å². The number of rotatable bonds is 6. The van der Waals surface area contributed by atoms with Crippen LogP contribution in [0.5, 0.6) is 0 Å². The van der Waals surface area contributed by atoms with E-state index in [1.807, 2.05) is 44.3 Å². The highest BCUT2D eigenvalue weighted by Gasteiger charge is 2.38. The number of carbonyl (C=O) groups is 1. The minimum absolute atomic E-state index is 0.216. The molecule has 1 aromatic carbocycles. The third-order valence-electron chi connectivity index (χ3n) is 4.31. The number of esters is 1. The second-order valence-electron chi connectivity index (χ2n) is 6.66. The number of nitrogens with zero attached hydrogens (tertiary/aromatic N) is 2. The minimum atomic E-state index is -0.227. The summed E-state index contributed by atoms with van der Waals surface area (Å²) in [6.45, 7) is 9.55. The zero-order valence-corrected chi connectivity index (χ0v) is 14.3. The lowest BCUT2D eigenvalue weighted by atomic mass is 10.0. The maximum Gasteiger partial charge on any atom is 0.338 e. The normalized spacial score (nSPS) is 15.9. The summed E-state index contributed by atoms with van der Waals surface area (Å²) in [7, 11) is 1.98. The maximum atomic E-state index is 12.2. The summed E-state index contributed by atoms with van der Waals surface area (Å²) in [4.78, 5) is 18.7. The molecule has 0 atom stereocenters. The number of aliphatic imine (C=N–C) groups is 1. The summed E-state index contributed by atoms with van der Waals surface area (Å²) in [6, 6.07) is 3.83. The summed E-state index contributed by atoms with van der Waals surface area (Å²) < 4.78 is 5.46. The molecule has 0 bridgehead atoms. The lowest BCUT2D eigenvalue weighted by molar-refractivity contribution is 0.0429. The van der Waals surface area contributed by atoms with E-state index in [-0.39, 0.29) is 11.4 Å². The van der Waals surface area contributed by atoms with Crippen molar-refractivity contribution < 1.29 is 9.53 Å². The Morgan fingerprint density at radius 2 is 2.05 bits per heavy atom. The van der Waals surface area contributed by atoms with Crippen molar-refractivity contribution in [3.05, 3.63) is 28.8 Å². The monoisotopic (exact) mass is 302 g/mol. The maximum absolute atomic E-state index is 12.2. The Labute approximate surface area is 133 Å². The van der Waals surface area contributed by atoms with Crippen LogP contribution in [-0.4, -0.2) is 37.4 Å². The van der Waals surface area contributed by atoms with Gasteiger partial charge < -0.3 is 9.64 Å². The third-order valence-corrected chi connectivity index (χ3v) is 4.31. The van der Waals surface area contributed by atoms with Crippen molar-refractivity contribution >= 4 is 18.0 Å². The number of carbonyl (C=O) groups excluding carboxylic acids is 1. The van der Waals surface area contributed by atoms with Crippen LogP contribution in [-0.2, 0) is 4.74 Å². The van der Waals surface area contributed by atoms with E-state index in [2.05, 4.69) is 18.8 Å². The highest BCUT2D eigenvalue weighted by atomic mass is 16.5. The van der Waals surface area contributed by atoms with Gasteiger partial charge in [-0.3, -0.25) is 0 Å². The molecule has 2 rings (SSSR count). The Morgan fingerprint density at radius 1 is 1.36 bits per heavy atom. The van der Waals surface area contributed by atoms with Gasteiger partial charge in [0.1, 0.15) is 0 Å². The van der Waals surface area contributed by atoms with Gasteiger partial charge in [0.25, 0.3) is 0 Å². The molecule has 1 fully saturated rings. The first-order valence-corrected chi connectivity index (χ1v) is 7.87. The Kier molecular flexibility index (Phi) is 4.89. The fourth-order valence-electron chi connectivity index (χ4n) is 2.08. The predicted octanol–water partition coefficient (Wildman–Crippen LogP) is 3.87. The highest BCUT2D eigenvalue weighted by Crippen LogP contribution is 2.45. The number of benzene rings is 1. The van der Waals surface area contributed by atoms with Crippen molar-refractivity contribution in [3.8, 4) is 0 Å². The average Bonchev–Trinajstić information content (AvgIpc) is 3.23.